The van der Waals surface area contributed by atoms with Crippen LogP contribution in [0.4, 0.5) is 16.2 Å². The van der Waals surface area contributed by atoms with Gasteiger partial charge in [0.05, 0.1) is 19.4 Å². The second kappa shape index (κ2) is 7.75. The second-order valence-electron chi connectivity index (χ2n) is 7.13. The Balaban J connectivity index is 2.05. The SMILES string of the molecule is COc1cc(NC2CCOCC2C)ccc1NC(=O)OC(C)(C)C. The van der Waals surface area contributed by atoms with E-state index in [9.17, 15) is 4.79 Å². The second-order valence-corrected chi connectivity index (χ2v) is 7.13. The van der Waals surface area contributed by atoms with Crippen molar-refractivity contribution < 1.29 is 19.0 Å². The van der Waals surface area contributed by atoms with Crippen LogP contribution < -0.4 is 15.4 Å². The van der Waals surface area contributed by atoms with Crippen LogP contribution in [0.2, 0.25) is 0 Å². The van der Waals surface area contributed by atoms with E-state index in [0.29, 0.717) is 23.4 Å². The standard InChI is InChI=1S/C18H28N2O4/c1-12-11-23-9-8-14(12)19-13-6-7-15(16(10-13)22-5)20-17(21)24-18(2,3)4/h6-7,10,12,14,19H,8-9,11H2,1-5H3,(H,20,21). The van der Waals surface area contributed by atoms with Gasteiger partial charge in [0.15, 0.2) is 0 Å². The van der Waals surface area contributed by atoms with E-state index < -0.39 is 11.7 Å². The lowest BCUT2D eigenvalue weighted by molar-refractivity contribution is 0.0537. The largest absolute Gasteiger partial charge is 0.494 e. The van der Waals surface area contributed by atoms with Crippen molar-refractivity contribution in [3.63, 3.8) is 0 Å². The lowest BCUT2D eigenvalue weighted by atomic mass is 9.97. The molecule has 1 saturated heterocycles. The Morgan fingerprint density at radius 3 is 2.71 bits per heavy atom. The zero-order chi connectivity index (χ0) is 17.7. The summed E-state index contributed by atoms with van der Waals surface area (Å²) in [5.74, 6) is 1.04. The Labute approximate surface area is 143 Å². The Morgan fingerprint density at radius 1 is 1.33 bits per heavy atom. The summed E-state index contributed by atoms with van der Waals surface area (Å²) in [6.07, 6.45) is 0.473. The molecule has 134 valence electrons. The minimum atomic E-state index is -0.544. The smallest absolute Gasteiger partial charge is 0.412 e. The quantitative estimate of drug-likeness (QED) is 0.873. The number of rotatable bonds is 4. The highest BCUT2D eigenvalue weighted by atomic mass is 16.6. The average molecular weight is 336 g/mol. The van der Waals surface area contributed by atoms with Crippen LogP contribution in [-0.4, -0.2) is 38.1 Å². The first-order valence-corrected chi connectivity index (χ1v) is 8.31. The van der Waals surface area contributed by atoms with Crippen molar-refractivity contribution in [1.29, 1.82) is 0 Å². The first kappa shape index (κ1) is 18.4. The Kier molecular flexibility index (Phi) is 5.94. The molecule has 6 nitrogen and oxygen atoms in total. The van der Waals surface area contributed by atoms with E-state index in [2.05, 4.69) is 17.6 Å². The third-order valence-corrected chi connectivity index (χ3v) is 3.83. The van der Waals surface area contributed by atoms with Gasteiger partial charge in [-0.25, -0.2) is 4.79 Å². The molecular formula is C18H28N2O4. The highest BCUT2D eigenvalue weighted by molar-refractivity contribution is 5.87. The summed E-state index contributed by atoms with van der Waals surface area (Å²) >= 11 is 0. The number of hydrogen-bond donors (Lipinski definition) is 2. The fourth-order valence-electron chi connectivity index (χ4n) is 2.61. The van der Waals surface area contributed by atoms with Gasteiger partial charge in [-0.05, 0) is 45.2 Å². The minimum Gasteiger partial charge on any atom is -0.494 e. The van der Waals surface area contributed by atoms with Crippen LogP contribution >= 0.6 is 0 Å². The van der Waals surface area contributed by atoms with E-state index in [4.69, 9.17) is 14.2 Å². The topological polar surface area (TPSA) is 68.8 Å². The molecule has 1 aromatic carbocycles. The highest BCUT2D eigenvalue weighted by Crippen LogP contribution is 2.30. The molecule has 2 unspecified atom stereocenters. The van der Waals surface area contributed by atoms with E-state index in [1.807, 2.05) is 39.0 Å². The van der Waals surface area contributed by atoms with Gasteiger partial charge in [0.25, 0.3) is 0 Å². The Morgan fingerprint density at radius 2 is 2.08 bits per heavy atom. The van der Waals surface area contributed by atoms with Crippen molar-refractivity contribution in [2.24, 2.45) is 5.92 Å². The van der Waals surface area contributed by atoms with Gasteiger partial charge in [-0.1, -0.05) is 6.92 Å². The molecule has 1 aliphatic heterocycles. The lowest BCUT2D eigenvalue weighted by Crippen LogP contribution is -2.35. The van der Waals surface area contributed by atoms with Crippen molar-refractivity contribution in [2.75, 3.05) is 31.0 Å². The van der Waals surface area contributed by atoms with Crippen molar-refractivity contribution in [2.45, 2.75) is 45.8 Å². The predicted octanol–water partition coefficient (Wildman–Crippen LogP) is 3.88. The summed E-state index contributed by atoms with van der Waals surface area (Å²) < 4.78 is 16.1. The fourth-order valence-corrected chi connectivity index (χ4v) is 2.61. The minimum absolute atomic E-state index is 0.369. The van der Waals surface area contributed by atoms with Crippen LogP contribution in [-0.2, 0) is 9.47 Å². The molecule has 0 radical (unpaired) electrons. The molecule has 0 spiro atoms. The van der Waals surface area contributed by atoms with Crippen LogP contribution in [0.1, 0.15) is 34.1 Å². The molecule has 1 amide bonds. The van der Waals surface area contributed by atoms with Crippen molar-refractivity contribution in [3.8, 4) is 5.75 Å². The van der Waals surface area contributed by atoms with Gasteiger partial charge in [-0.15, -0.1) is 0 Å². The van der Waals surface area contributed by atoms with Crippen LogP contribution in [0, 0.1) is 5.92 Å². The van der Waals surface area contributed by atoms with Crippen LogP contribution in [0.3, 0.4) is 0 Å². The van der Waals surface area contributed by atoms with Crippen LogP contribution in [0.15, 0.2) is 18.2 Å². The molecule has 0 aromatic heterocycles. The Bertz CT molecular complexity index is 569. The van der Waals surface area contributed by atoms with E-state index >= 15 is 0 Å². The van der Waals surface area contributed by atoms with Crippen LogP contribution in [0.25, 0.3) is 0 Å². The first-order chi connectivity index (χ1) is 11.3. The maximum absolute atomic E-state index is 11.9. The van der Waals surface area contributed by atoms with Gasteiger partial charge >= 0.3 is 6.09 Å². The molecule has 2 atom stereocenters. The van der Waals surface area contributed by atoms with Crippen molar-refractivity contribution >= 4 is 17.5 Å². The molecule has 6 heteroatoms. The fraction of sp³-hybridized carbons (Fsp3) is 0.611. The molecule has 1 aliphatic rings. The van der Waals surface area contributed by atoms with Gasteiger partial charge in [0.1, 0.15) is 11.4 Å². The van der Waals surface area contributed by atoms with Gasteiger partial charge in [-0.2, -0.15) is 0 Å². The zero-order valence-electron chi connectivity index (χ0n) is 15.1. The number of anilines is 2. The van der Waals surface area contributed by atoms with Gasteiger partial charge in [0, 0.05) is 24.4 Å². The number of nitrogens with one attached hydrogen (secondary N) is 2. The highest BCUT2D eigenvalue weighted by Gasteiger charge is 2.22. The summed E-state index contributed by atoms with van der Waals surface area (Å²) in [7, 11) is 1.58. The maximum atomic E-state index is 11.9. The summed E-state index contributed by atoms with van der Waals surface area (Å²) in [5, 5.41) is 6.24. The van der Waals surface area contributed by atoms with E-state index in [-0.39, 0.29) is 0 Å². The molecule has 1 aromatic rings. The monoisotopic (exact) mass is 336 g/mol. The predicted molar refractivity (Wildman–Crippen MR) is 94.9 cm³/mol. The number of ether oxygens (including phenoxy) is 3. The average Bonchev–Trinajstić information content (AvgIpc) is 2.49. The van der Waals surface area contributed by atoms with E-state index in [1.54, 1.807) is 7.11 Å². The summed E-state index contributed by atoms with van der Waals surface area (Å²) in [6.45, 7) is 9.20. The van der Waals surface area contributed by atoms with Gasteiger partial charge < -0.3 is 19.5 Å². The zero-order valence-corrected chi connectivity index (χ0v) is 15.1. The summed E-state index contributed by atoms with van der Waals surface area (Å²) in [4.78, 5) is 11.9. The number of hydrogen-bond acceptors (Lipinski definition) is 5. The molecule has 24 heavy (non-hydrogen) atoms. The Hall–Kier alpha value is -1.95. The number of amides is 1. The molecule has 2 rings (SSSR count). The number of benzene rings is 1. The normalized spacial score (nSPS) is 21.0. The van der Waals surface area contributed by atoms with E-state index in [0.717, 1.165) is 25.3 Å². The number of carbonyl (C=O) groups excluding carboxylic acids is 1. The number of carbonyl (C=O) groups is 1. The molecule has 2 N–H and O–H groups in total. The molecule has 1 fully saturated rings. The van der Waals surface area contributed by atoms with Crippen LogP contribution in [0.5, 0.6) is 5.75 Å². The third-order valence-electron chi connectivity index (χ3n) is 3.83. The van der Waals surface area contributed by atoms with Crippen molar-refractivity contribution in [1.82, 2.24) is 0 Å². The lowest BCUT2D eigenvalue weighted by Gasteiger charge is -2.30. The molecule has 1 heterocycles. The molecule has 0 aliphatic carbocycles. The summed E-state index contributed by atoms with van der Waals surface area (Å²) in [5.41, 5.74) is 0.996. The van der Waals surface area contributed by atoms with Gasteiger partial charge in [0.2, 0.25) is 0 Å². The molecular weight excluding hydrogens is 308 g/mol. The summed E-state index contributed by atoms with van der Waals surface area (Å²) in [6, 6.07) is 5.99. The van der Waals surface area contributed by atoms with Crippen molar-refractivity contribution in [3.05, 3.63) is 18.2 Å². The molecule has 0 saturated carbocycles. The first-order valence-electron chi connectivity index (χ1n) is 8.31. The molecule has 0 bridgehead atoms. The van der Waals surface area contributed by atoms with Gasteiger partial charge in [-0.3, -0.25) is 5.32 Å². The van der Waals surface area contributed by atoms with E-state index in [1.165, 1.54) is 0 Å². The maximum Gasteiger partial charge on any atom is 0.412 e. The third kappa shape index (κ3) is 5.30. The number of methoxy groups -OCH3 is 1.